The molecule has 0 fully saturated rings. The molecule has 0 unspecified atom stereocenters. The summed E-state index contributed by atoms with van der Waals surface area (Å²) in [6.45, 7) is 0. The lowest BCUT2D eigenvalue weighted by molar-refractivity contribution is -0.384. The molecule has 2 aromatic carbocycles. The first kappa shape index (κ1) is 17.5. The van der Waals surface area contributed by atoms with E-state index in [9.17, 15) is 14.9 Å². The number of benzene rings is 2. The van der Waals surface area contributed by atoms with Crippen molar-refractivity contribution in [3.05, 3.63) is 67.1 Å². The van der Waals surface area contributed by atoms with Crippen molar-refractivity contribution >= 4 is 66.5 Å². The number of rotatable bonds is 3. The molecule has 0 bridgehead atoms. The van der Waals surface area contributed by atoms with E-state index >= 15 is 0 Å². The molecule has 2 aromatic rings. The van der Waals surface area contributed by atoms with Crippen molar-refractivity contribution in [3.8, 4) is 0 Å². The molecule has 0 aromatic heterocycles. The summed E-state index contributed by atoms with van der Waals surface area (Å²) in [5, 5.41) is 16.1. The van der Waals surface area contributed by atoms with Crippen LogP contribution in [0, 0.1) is 10.1 Å². The van der Waals surface area contributed by atoms with Crippen LogP contribution in [0.1, 0.15) is 10.4 Å². The van der Waals surface area contributed by atoms with Gasteiger partial charge in [-0.05, 0) is 52.4 Å². The first-order chi connectivity index (χ1) is 10.9. The molecule has 2 rings (SSSR count). The van der Waals surface area contributed by atoms with E-state index in [1.807, 2.05) is 0 Å². The summed E-state index contributed by atoms with van der Waals surface area (Å²) in [4.78, 5) is 22.3. The number of nitro groups is 1. The fraction of sp³-hybridized carbons (Fsp3) is 0. The molecule has 0 radical (unpaired) electrons. The lowest BCUT2D eigenvalue weighted by Gasteiger charge is -2.11. The number of hydrogen-bond donors (Lipinski definition) is 2. The van der Waals surface area contributed by atoms with Gasteiger partial charge in [-0.2, -0.15) is 0 Å². The summed E-state index contributed by atoms with van der Waals surface area (Å²) in [5.41, 5.74) is 0.910. The lowest BCUT2D eigenvalue weighted by atomic mass is 10.2. The smallest absolute Gasteiger partial charge is 0.270 e. The quantitative estimate of drug-likeness (QED) is 0.408. The third kappa shape index (κ3) is 4.81. The summed E-state index contributed by atoms with van der Waals surface area (Å²) in [5.74, 6) is -0.359. The minimum Gasteiger partial charge on any atom is -0.331 e. The zero-order valence-electron chi connectivity index (χ0n) is 11.4. The summed E-state index contributed by atoms with van der Waals surface area (Å²) in [6.07, 6.45) is 0. The van der Waals surface area contributed by atoms with Gasteiger partial charge in [0.25, 0.3) is 11.6 Å². The molecule has 0 heterocycles. The Labute approximate surface area is 153 Å². The van der Waals surface area contributed by atoms with Crippen LogP contribution >= 0.6 is 44.1 Å². The zero-order chi connectivity index (χ0) is 17.0. The average Bonchev–Trinajstić information content (AvgIpc) is 2.49. The van der Waals surface area contributed by atoms with Crippen LogP contribution in [-0.4, -0.2) is 15.9 Å². The van der Waals surface area contributed by atoms with Gasteiger partial charge in [0.2, 0.25) is 0 Å². The number of carbonyl (C=O) groups excluding carboxylic acids is 1. The molecule has 0 aliphatic rings. The molecular weight excluding hydrogens is 450 g/mol. The van der Waals surface area contributed by atoms with Gasteiger partial charge in [-0.1, -0.05) is 22.0 Å². The third-order valence-electron chi connectivity index (χ3n) is 2.73. The molecule has 0 aliphatic carbocycles. The van der Waals surface area contributed by atoms with E-state index in [0.29, 0.717) is 15.7 Å². The van der Waals surface area contributed by atoms with Crippen LogP contribution in [0.3, 0.4) is 0 Å². The van der Waals surface area contributed by atoms with Crippen LogP contribution in [0.2, 0.25) is 0 Å². The summed E-state index contributed by atoms with van der Waals surface area (Å²) in [7, 11) is 0. The number of nitro benzene ring substituents is 1. The molecule has 118 valence electrons. The van der Waals surface area contributed by atoms with E-state index in [-0.39, 0.29) is 16.7 Å². The van der Waals surface area contributed by atoms with Crippen LogP contribution in [0.15, 0.2) is 51.4 Å². The monoisotopic (exact) mass is 457 g/mol. The van der Waals surface area contributed by atoms with E-state index in [4.69, 9.17) is 12.2 Å². The molecule has 0 aliphatic heterocycles. The van der Waals surface area contributed by atoms with E-state index in [0.717, 1.165) is 4.47 Å². The van der Waals surface area contributed by atoms with Gasteiger partial charge in [0.1, 0.15) is 0 Å². The molecule has 0 saturated carbocycles. The van der Waals surface area contributed by atoms with E-state index in [1.165, 1.54) is 18.2 Å². The summed E-state index contributed by atoms with van der Waals surface area (Å²) in [6, 6.07) is 11.1. The van der Waals surface area contributed by atoms with Crippen molar-refractivity contribution in [1.82, 2.24) is 5.32 Å². The Morgan fingerprint density at radius 1 is 1.17 bits per heavy atom. The van der Waals surface area contributed by atoms with Crippen molar-refractivity contribution in [1.29, 1.82) is 0 Å². The minimum absolute atomic E-state index is 0.0495. The highest BCUT2D eigenvalue weighted by Gasteiger charge is 2.12. The van der Waals surface area contributed by atoms with Crippen molar-refractivity contribution in [3.63, 3.8) is 0 Å². The van der Waals surface area contributed by atoms with Crippen molar-refractivity contribution in [2.45, 2.75) is 0 Å². The van der Waals surface area contributed by atoms with Gasteiger partial charge in [-0.15, -0.1) is 0 Å². The highest BCUT2D eigenvalue weighted by atomic mass is 79.9. The number of hydrogen-bond acceptors (Lipinski definition) is 4. The predicted molar refractivity (Wildman–Crippen MR) is 98.6 cm³/mol. The number of nitrogens with zero attached hydrogens (tertiary/aromatic N) is 1. The Balaban J connectivity index is 2.05. The van der Waals surface area contributed by atoms with Gasteiger partial charge >= 0.3 is 0 Å². The van der Waals surface area contributed by atoms with Gasteiger partial charge < -0.3 is 5.32 Å². The molecule has 23 heavy (non-hydrogen) atoms. The van der Waals surface area contributed by atoms with E-state index in [1.54, 1.807) is 24.3 Å². The number of carbonyl (C=O) groups is 1. The Morgan fingerprint density at radius 3 is 2.52 bits per heavy atom. The van der Waals surface area contributed by atoms with Gasteiger partial charge in [-0.25, -0.2) is 0 Å². The number of halogens is 2. The third-order valence-corrected chi connectivity index (χ3v) is 4.08. The number of nitrogens with one attached hydrogen (secondary N) is 2. The van der Waals surface area contributed by atoms with E-state index in [2.05, 4.69) is 42.5 Å². The van der Waals surface area contributed by atoms with E-state index < -0.39 is 4.92 Å². The number of non-ortho nitro benzene ring substituents is 1. The van der Waals surface area contributed by atoms with Crippen LogP contribution in [0.5, 0.6) is 0 Å². The maximum Gasteiger partial charge on any atom is 0.270 e. The summed E-state index contributed by atoms with van der Waals surface area (Å²) >= 11 is 11.6. The van der Waals surface area contributed by atoms with Gasteiger partial charge in [0.15, 0.2) is 5.11 Å². The van der Waals surface area contributed by atoms with Gasteiger partial charge in [0, 0.05) is 26.6 Å². The zero-order valence-corrected chi connectivity index (χ0v) is 15.4. The van der Waals surface area contributed by atoms with Crippen LogP contribution < -0.4 is 10.6 Å². The topological polar surface area (TPSA) is 84.3 Å². The Morgan fingerprint density at radius 2 is 1.91 bits per heavy atom. The Kier molecular flexibility index (Phi) is 5.80. The van der Waals surface area contributed by atoms with Crippen molar-refractivity contribution in [2.24, 2.45) is 0 Å². The SMILES string of the molecule is O=C(NC(=S)Nc1ccc([N+](=O)[O-])cc1Br)c1cccc(Br)c1. The van der Waals surface area contributed by atoms with Gasteiger partial charge in [0.05, 0.1) is 10.6 Å². The van der Waals surface area contributed by atoms with Crippen LogP contribution in [-0.2, 0) is 0 Å². The highest BCUT2D eigenvalue weighted by Crippen LogP contribution is 2.27. The second kappa shape index (κ2) is 7.62. The van der Waals surface area contributed by atoms with Crippen LogP contribution in [0.25, 0.3) is 0 Å². The molecule has 6 nitrogen and oxygen atoms in total. The molecule has 0 saturated heterocycles. The number of thiocarbonyl (C=S) groups is 1. The molecular formula is C14H9Br2N3O3S. The fourth-order valence-corrected chi connectivity index (χ4v) is 2.75. The molecule has 9 heteroatoms. The molecule has 2 N–H and O–H groups in total. The Bertz CT molecular complexity index is 799. The maximum absolute atomic E-state index is 12.1. The van der Waals surface area contributed by atoms with Crippen molar-refractivity contribution in [2.75, 3.05) is 5.32 Å². The second-order valence-corrected chi connectivity index (χ2v) is 6.52. The molecule has 1 amide bonds. The standard InChI is InChI=1S/C14H9Br2N3O3S/c15-9-3-1-2-8(6-9)13(20)18-14(23)17-12-5-4-10(19(21)22)7-11(12)16/h1-7H,(H2,17,18,20,23). The van der Waals surface area contributed by atoms with Gasteiger partial charge in [-0.3, -0.25) is 20.2 Å². The Hall–Kier alpha value is -1.84. The predicted octanol–water partition coefficient (Wildman–Crippen LogP) is 4.25. The number of anilines is 1. The van der Waals surface area contributed by atoms with Crippen LogP contribution in [0.4, 0.5) is 11.4 Å². The first-order valence-corrected chi connectivity index (χ1v) is 8.18. The second-order valence-electron chi connectivity index (χ2n) is 4.34. The lowest BCUT2D eigenvalue weighted by Crippen LogP contribution is -2.34. The summed E-state index contributed by atoms with van der Waals surface area (Å²) < 4.78 is 1.24. The maximum atomic E-state index is 12.1. The molecule has 0 spiro atoms. The highest BCUT2D eigenvalue weighted by molar-refractivity contribution is 9.10. The molecule has 0 atom stereocenters. The largest absolute Gasteiger partial charge is 0.331 e. The number of amides is 1. The van der Waals surface area contributed by atoms with Crippen molar-refractivity contribution < 1.29 is 9.72 Å². The first-order valence-electron chi connectivity index (χ1n) is 6.18. The normalized spacial score (nSPS) is 10.0. The fourth-order valence-electron chi connectivity index (χ4n) is 1.68. The minimum atomic E-state index is -0.498. The average molecular weight is 459 g/mol.